The molecule has 0 saturated heterocycles. The van der Waals surface area contributed by atoms with Gasteiger partial charge in [-0.05, 0) is 43.4 Å². The van der Waals surface area contributed by atoms with Gasteiger partial charge in [0.2, 0.25) is 0 Å². The van der Waals surface area contributed by atoms with Gasteiger partial charge in [0.05, 0.1) is 6.54 Å². The van der Waals surface area contributed by atoms with Crippen molar-refractivity contribution in [2.75, 3.05) is 0 Å². The molecule has 1 aromatic heterocycles. The highest BCUT2D eigenvalue weighted by Crippen LogP contribution is 2.31. The molecule has 0 fully saturated rings. The van der Waals surface area contributed by atoms with Crippen LogP contribution in [0.4, 0.5) is 0 Å². The molecule has 2 aromatic rings. The van der Waals surface area contributed by atoms with E-state index in [1.54, 1.807) is 0 Å². The molecule has 1 aromatic carbocycles. The van der Waals surface area contributed by atoms with E-state index in [0.717, 1.165) is 0 Å². The first-order chi connectivity index (χ1) is 8.79. The summed E-state index contributed by atoms with van der Waals surface area (Å²) < 4.78 is 2.31. The molecule has 0 spiro atoms. The lowest BCUT2D eigenvalue weighted by molar-refractivity contribution is 0.776. The molecule has 1 aliphatic carbocycles. The monoisotopic (exact) mass is 235 g/mol. The summed E-state index contributed by atoms with van der Waals surface area (Å²) in [6.07, 6.45) is 9.15. The Labute approximate surface area is 108 Å². The van der Waals surface area contributed by atoms with Crippen LogP contribution in [0, 0.1) is 19.3 Å². The molecule has 3 rings (SSSR count). The van der Waals surface area contributed by atoms with Crippen molar-refractivity contribution in [1.29, 1.82) is 0 Å². The van der Waals surface area contributed by atoms with E-state index in [0.29, 0.717) is 6.54 Å². The second-order valence-corrected chi connectivity index (χ2v) is 5.01. The van der Waals surface area contributed by atoms with Crippen LogP contribution in [0.3, 0.4) is 0 Å². The highest BCUT2D eigenvalue weighted by atomic mass is 15.0. The summed E-state index contributed by atoms with van der Waals surface area (Å²) >= 11 is 0. The largest absolute Gasteiger partial charge is 0.333 e. The number of hydrogen-bond donors (Lipinski definition) is 0. The first-order valence-electron chi connectivity index (χ1n) is 6.51. The third-order valence-corrected chi connectivity index (χ3v) is 3.75. The van der Waals surface area contributed by atoms with Crippen molar-refractivity contribution in [3.8, 4) is 23.6 Å². The quantitative estimate of drug-likeness (QED) is 0.701. The van der Waals surface area contributed by atoms with Crippen LogP contribution in [-0.4, -0.2) is 4.57 Å². The van der Waals surface area contributed by atoms with Crippen LogP contribution in [0.15, 0.2) is 30.3 Å². The van der Waals surface area contributed by atoms with Gasteiger partial charge in [-0.25, -0.2) is 0 Å². The number of aromatic nitrogens is 1. The lowest BCUT2D eigenvalue weighted by atomic mass is 10.1. The fourth-order valence-electron chi connectivity index (χ4n) is 2.84. The highest BCUT2D eigenvalue weighted by molar-refractivity contribution is 5.63. The first kappa shape index (κ1) is 11.2. The smallest absolute Gasteiger partial charge is 0.0837 e. The summed E-state index contributed by atoms with van der Waals surface area (Å²) in [4.78, 5) is 0. The maximum Gasteiger partial charge on any atom is 0.0837 e. The Morgan fingerprint density at radius 2 is 2.00 bits per heavy atom. The minimum absolute atomic E-state index is 0.679. The molecule has 1 heteroatoms. The minimum atomic E-state index is 0.679. The lowest BCUT2D eigenvalue weighted by Gasteiger charge is -2.09. The number of rotatable bonds is 2. The second-order valence-electron chi connectivity index (χ2n) is 5.01. The molecule has 90 valence electrons. The van der Waals surface area contributed by atoms with Crippen LogP contribution in [-0.2, 0) is 19.4 Å². The number of nitrogens with zero attached hydrogens (tertiary/aromatic N) is 1. The van der Waals surface area contributed by atoms with Gasteiger partial charge in [0.15, 0.2) is 0 Å². The Bertz CT molecular complexity index is 608. The van der Waals surface area contributed by atoms with Crippen LogP contribution in [0.25, 0.3) is 11.3 Å². The summed E-state index contributed by atoms with van der Waals surface area (Å²) in [6, 6.07) is 11.0. The zero-order valence-electron chi connectivity index (χ0n) is 10.7. The van der Waals surface area contributed by atoms with Gasteiger partial charge in [0, 0.05) is 11.4 Å². The molecule has 18 heavy (non-hydrogen) atoms. The maximum absolute atomic E-state index is 5.51. The Hall–Kier alpha value is -1.94. The van der Waals surface area contributed by atoms with Crippen LogP contribution in [0.2, 0.25) is 0 Å². The zero-order chi connectivity index (χ0) is 12.5. The molecule has 0 unspecified atom stereocenters. The van der Waals surface area contributed by atoms with Gasteiger partial charge in [-0.15, -0.1) is 6.42 Å². The molecule has 1 heterocycles. The highest BCUT2D eigenvalue weighted by Gasteiger charge is 2.19. The van der Waals surface area contributed by atoms with Gasteiger partial charge < -0.3 is 4.57 Å². The minimum Gasteiger partial charge on any atom is -0.333 e. The molecule has 0 amide bonds. The normalized spacial score (nSPS) is 13.3. The predicted octanol–water partition coefficient (Wildman–Crippen LogP) is 3.59. The van der Waals surface area contributed by atoms with E-state index in [2.05, 4.69) is 47.7 Å². The predicted molar refractivity (Wildman–Crippen MR) is 75.5 cm³/mol. The van der Waals surface area contributed by atoms with Crippen LogP contribution >= 0.6 is 0 Å². The van der Waals surface area contributed by atoms with E-state index in [9.17, 15) is 0 Å². The lowest BCUT2D eigenvalue weighted by Crippen LogP contribution is -2.02. The van der Waals surface area contributed by atoms with Crippen molar-refractivity contribution < 1.29 is 0 Å². The van der Waals surface area contributed by atoms with Gasteiger partial charge in [-0.3, -0.25) is 0 Å². The van der Waals surface area contributed by atoms with E-state index in [1.807, 2.05) is 0 Å². The van der Waals surface area contributed by atoms with Crippen LogP contribution in [0.5, 0.6) is 0 Å². The van der Waals surface area contributed by atoms with Gasteiger partial charge in [-0.1, -0.05) is 35.7 Å². The molecular weight excluding hydrogens is 218 g/mol. The SMILES string of the molecule is C#CCn1c(-c2ccc(C)cc2)cc2c1CCC2. The van der Waals surface area contributed by atoms with Gasteiger partial charge in [0.25, 0.3) is 0 Å². The van der Waals surface area contributed by atoms with Crippen molar-refractivity contribution >= 4 is 0 Å². The average Bonchev–Trinajstić information content (AvgIpc) is 2.93. The third kappa shape index (κ3) is 1.75. The third-order valence-electron chi connectivity index (χ3n) is 3.75. The molecule has 0 N–H and O–H groups in total. The molecule has 0 saturated carbocycles. The summed E-state index contributed by atoms with van der Waals surface area (Å²) in [7, 11) is 0. The topological polar surface area (TPSA) is 4.93 Å². The Kier molecular flexibility index (Phi) is 2.72. The molecule has 1 aliphatic rings. The number of aryl methyl sites for hydroxylation is 2. The molecular formula is C17H17N. The summed E-state index contributed by atoms with van der Waals surface area (Å²) in [5.74, 6) is 2.78. The van der Waals surface area contributed by atoms with Crippen molar-refractivity contribution in [2.24, 2.45) is 0 Å². The maximum atomic E-state index is 5.51. The Morgan fingerprint density at radius 1 is 1.22 bits per heavy atom. The van der Waals surface area contributed by atoms with E-state index in [4.69, 9.17) is 6.42 Å². The molecule has 0 aliphatic heterocycles. The standard InChI is InChI=1S/C17H17N/c1-3-11-18-16-6-4-5-15(16)12-17(18)14-9-7-13(2)8-10-14/h1,7-10,12H,4-6,11H2,2H3. The summed E-state index contributed by atoms with van der Waals surface area (Å²) in [5, 5.41) is 0. The Morgan fingerprint density at radius 3 is 2.72 bits per heavy atom. The molecule has 0 bridgehead atoms. The van der Waals surface area contributed by atoms with Gasteiger partial charge in [0.1, 0.15) is 0 Å². The summed E-state index contributed by atoms with van der Waals surface area (Å²) in [5.41, 5.74) is 6.77. The zero-order valence-corrected chi connectivity index (χ0v) is 10.7. The number of benzene rings is 1. The number of terminal acetylenes is 1. The van der Waals surface area contributed by atoms with Crippen molar-refractivity contribution in [2.45, 2.75) is 32.7 Å². The fraction of sp³-hybridized carbons (Fsp3) is 0.294. The van der Waals surface area contributed by atoms with Crippen LogP contribution < -0.4 is 0 Å². The molecule has 0 radical (unpaired) electrons. The fourth-order valence-corrected chi connectivity index (χ4v) is 2.84. The van der Waals surface area contributed by atoms with E-state index in [1.165, 1.54) is 47.3 Å². The van der Waals surface area contributed by atoms with Gasteiger partial charge >= 0.3 is 0 Å². The van der Waals surface area contributed by atoms with E-state index >= 15 is 0 Å². The van der Waals surface area contributed by atoms with Crippen LogP contribution in [0.1, 0.15) is 23.2 Å². The first-order valence-corrected chi connectivity index (χ1v) is 6.51. The molecule has 0 atom stereocenters. The van der Waals surface area contributed by atoms with E-state index in [-0.39, 0.29) is 0 Å². The van der Waals surface area contributed by atoms with Gasteiger partial charge in [-0.2, -0.15) is 0 Å². The van der Waals surface area contributed by atoms with E-state index < -0.39 is 0 Å². The summed E-state index contributed by atoms with van der Waals surface area (Å²) in [6.45, 7) is 2.79. The Balaban J connectivity index is 2.12. The number of hydrogen-bond acceptors (Lipinski definition) is 0. The van der Waals surface area contributed by atoms with Crippen molar-refractivity contribution in [3.05, 3.63) is 47.2 Å². The van der Waals surface area contributed by atoms with Crippen molar-refractivity contribution in [3.63, 3.8) is 0 Å². The van der Waals surface area contributed by atoms with Crippen molar-refractivity contribution in [1.82, 2.24) is 4.57 Å². The number of fused-ring (bicyclic) bond motifs is 1. The molecule has 1 nitrogen and oxygen atoms in total. The second kappa shape index (κ2) is 4.38. The average molecular weight is 235 g/mol.